The third-order valence-corrected chi connectivity index (χ3v) is 2.89. The van der Waals surface area contributed by atoms with Crippen LogP contribution in [0.25, 0.3) is 11.3 Å². The summed E-state index contributed by atoms with van der Waals surface area (Å²) >= 11 is 1.21. The second-order valence-electron chi connectivity index (χ2n) is 3.21. The highest BCUT2D eigenvalue weighted by Gasteiger charge is 2.12. The summed E-state index contributed by atoms with van der Waals surface area (Å²) in [5.74, 6) is 0. The zero-order valence-electron chi connectivity index (χ0n) is 9.14. The number of rotatable bonds is 2. The number of hydrogen-bond acceptors (Lipinski definition) is 5. The summed E-state index contributed by atoms with van der Waals surface area (Å²) in [6, 6.07) is 9.55. The van der Waals surface area contributed by atoms with Gasteiger partial charge in [0.2, 0.25) is 0 Å². The number of methoxy groups -OCH3 is 1. The maximum absolute atomic E-state index is 11.0. The minimum Gasteiger partial charge on any atom is -0.453 e. The quantitative estimate of drug-likeness (QED) is 0.857. The Bertz CT molecular complexity index is 525. The molecule has 1 aromatic heterocycles. The average molecular weight is 249 g/mol. The Morgan fingerprint density at radius 2 is 2.12 bits per heavy atom. The topological polar surface area (TPSA) is 77.2 Å². The third-order valence-electron chi connectivity index (χ3n) is 2.09. The highest BCUT2D eigenvalue weighted by atomic mass is 32.1. The van der Waals surface area contributed by atoms with Gasteiger partial charge >= 0.3 is 6.09 Å². The van der Waals surface area contributed by atoms with Gasteiger partial charge < -0.3 is 10.5 Å². The van der Waals surface area contributed by atoms with E-state index in [-0.39, 0.29) is 0 Å². The number of nitrogens with one attached hydrogen (secondary N) is 1. The van der Waals surface area contributed by atoms with Crippen LogP contribution in [0.1, 0.15) is 0 Å². The monoisotopic (exact) mass is 249 g/mol. The van der Waals surface area contributed by atoms with Crippen molar-refractivity contribution in [2.75, 3.05) is 18.2 Å². The normalized spacial score (nSPS) is 9.94. The van der Waals surface area contributed by atoms with Crippen LogP contribution in [0.4, 0.5) is 14.9 Å². The van der Waals surface area contributed by atoms with Crippen molar-refractivity contribution >= 4 is 27.6 Å². The molecule has 0 aliphatic heterocycles. The Morgan fingerprint density at radius 1 is 1.41 bits per heavy atom. The molecule has 1 heterocycles. The first-order chi connectivity index (χ1) is 8.20. The van der Waals surface area contributed by atoms with Gasteiger partial charge in [0.1, 0.15) is 10.7 Å². The molecule has 2 rings (SSSR count). The van der Waals surface area contributed by atoms with E-state index in [9.17, 15) is 4.79 Å². The molecule has 0 radical (unpaired) electrons. The van der Waals surface area contributed by atoms with E-state index in [1.165, 1.54) is 18.4 Å². The molecule has 0 aliphatic rings. The van der Waals surface area contributed by atoms with Gasteiger partial charge in [-0.2, -0.15) is 0 Å². The maximum Gasteiger partial charge on any atom is 0.413 e. The van der Waals surface area contributed by atoms with Gasteiger partial charge in [-0.1, -0.05) is 41.7 Å². The molecule has 2 aromatic rings. The summed E-state index contributed by atoms with van der Waals surface area (Å²) in [6.07, 6.45) is -0.557. The van der Waals surface area contributed by atoms with Crippen LogP contribution in [-0.4, -0.2) is 18.2 Å². The van der Waals surface area contributed by atoms with E-state index >= 15 is 0 Å². The van der Waals surface area contributed by atoms with Crippen LogP contribution in [0.2, 0.25) is 0 Å². The smallest absolute Gasteiger partial charge is 0.413 e. The highest BCUT2D eigenvalue weighted by Crippen LogP contribution is 2.33. The van der Waals surface area contributed by atoms with Gasteiger partial charge in [-0.25, -0.2) is 9.78 Å². The Balaban J connectivity index is 2.28. The number of aromatic nitrogens is 1. The molecule has 0 aliphatic carbocycles. The fourth-order valence-corrected chi connectivity index (χ4v) is 2.07. The Labute approximate surface area is 102 Å². The van der Waals surface area contributed by atoms with Crippen molar-refractivity contribution in [2.45, 2.75) is 0 Å². The van der Waals surface area contributed by atoms with Crippen LogP contribution >= 0.6 is 11.3 Å². The zero-order valence-corrected chi connectivity index (χ0v) is 9.95. The van der Waals surface area contributed by atoms with Crippen molar-refractivity contribution in [1.29, 1.82) is 0 Å². The number of ether oxygens (including phenoxy) is 1. The van der Waals surface area contributed by atoms with Crippen LogP contribution in [0.5, 0.6) is 0 Å². The number of hydrogen-bond donors (Lipinski definition) is 2. The number of carbonyl (C=O) groups excluding carboxylic acids is 1. The fourth-order valence-electron chi connectivity index (χ4n) is 1.33. The van der Waals surface area contributed by atoms with Gasteiger partial charge in [-0.3, -0.25) is 5.32 Å². The van der Waals surface area contributed by atoms with Crippen molar-refractivity contribution in [3.63, 3.8) is 0 Å². The third kappa shape index (κ3) is 2.54. The number of thiazole rings is 1. The first kappa shape index (κ1) is 11.4. The number of nitrogens with two attached hydrogens (primary N) is 1. The molecule has 88 valence electrons. The molecule has 0 saturated carbocycles. The molecule has 1 aromatic carbocycles. The lowest BCUT2D eigenvalue weighted by atomic mass is 10.2. The van der Waals surface area contributed by atoms with E-state index in [4.69, 9.17) is 5.73 Å². The Hall–Kier alpha value is -2.08. The van der Waals surface area contributed by atoms with Crippen LogP contribution in [0, 0.1) is 0 Å². The summed E-state index contributed by atoms with van der Waals surface area (Å²) in [5, 5.41) is 3.47. The number of nitrogen functional groups attached to an aromatic ring is 1. The zero-order chi connectivity index (χ0) is 12.3. The Morgan fingerprint density at radius 3 is 2.76 bits per heavy atom. The standard InChI is InChI=1S/C11H11N3O2S/c1-16-11(15)14-10-13-8(9(12)17-10)7-5-3-2-4-6-7/h2-6H,12H2,1H3,(H,13,14,15). The molecular weight excluding hydrogens is 238 g/mol. The van der Waals surface area contributed by atoms with Gasteiger partial charge in [-0.05, 0) is 0 Å². The lowest BCUT2D eigenvalue weighted by Gasteiger charge is -1.98. The van der Waals surface area contributed by atoms with E-state index in [1.54, 1.807) is 0 Å². The van der Waals surface area contributed by atoms with Crippen molar-refractivity contribution in [3.8, 4) is 11.3 Å². The van der Waals surface area contributed by atoms with E-state index in [2.05, 4.69) is 15.0 Å². The molecule has 5 nitrogen and oxygen atoms in total. The van der Waals surface area contributed by atoms with Gasteiger partial charge in [0.25, 0.3) is 0 Å². The number of carbonyl (C=O) groups is 1. The molecule has 0 atom stereocenters. The molecule has 17 heavy (non-hydrogen) atoms. The largest absolute Gasteiger partial charge is 0.453 e. The molecular formula is C11H11N3O2S. The van der Waals surface area contributed by atoms with Crippen LogP contribution in [-0.2, 0) is 4.74 Å². The Kier molecular flexibility index (Phi) is 3.24. The average Bonchev–Trinajstić information content (AvgIpc) is 2.71. The van der Waals surface area contributed by atoms with Crippen molar-refractivity contribution < 1.29 is 9.53 Å². The van der Waals surface area contributed by atoms with Gasteiger partial charge in [0.15, 0.2) is 5.13 Å². The van der Waals surface area contributed by atoms with E-state index in [0.29, 0.717) is 15.8 Å². The summed E-state index contributed by atoms with van der Waals surface area (Å²) in [4.78, 5) is 15.3. The molecule has 0 unspecified atom stereocenters. The van der Waals surface area contributed by atoms with Crippen molar-refractivity contribution in [3.05, 3.63) is 30.3 Å². The second kappa shape index (κ2) is 4.84. The maximum atomic E-state index is 11.0. The van der Waals surface area contributed by atoms with Crippen molar-refractivity contribution in [2.24, 2.45) is 0 Å². The van der Waals surface area contributed by atoms with Crippen LogP contribution in [0.3, 0.4) is 0 Å². The van der Waals surface area contributed by atoms with E-state index < -0.39 is 6.09 Å². The number of benzene rings is 1. The lowest BCUT2D eigenvalue weighted by molar-refractivity contribution is 0.187. The predicted molar refractivity (Wildman–Crippen MR) is 68.0 cm³/mol. The molecule has 6 heteroatoms. The fraction of sp³-hybridized carbons (Fsp3) is 0.0909. The van der Waals surface area contributed by atoms with Crippen LogP contribution in [0.15, 0.2) is 30.3 Å². The van der Waals surface area contributed by atoms with Crippen molar-refractivity contribution in [1.82, 2.24) is 4.98 Å². The van der Waals surface area contributed by atoms with Crippen LogP contribution < -0.4 is 11.1 Å². The van der Waals surface area contributed by atoms with E-state index in [0.717, 1.165) is 5.56 Å². The SMILES string of the molecule is COC(=O)Nc1nc(-c2ccccc2)c(N)s1. The van der Waals surface area contributed by atoms with Gasteiger partial charge in [0.05, 0.1) is 7.11 Å². The molecule has 0 saturated heterocycles. The molecule has 0 bridgehead atoms. The minimum atomic E-state index is -0.557. The first-order valence-electron chi connectivity index (χ1n) is 4.87. The molecule has 0 fully saturated rings. The summed E-state index contributed by atoms with van der Waals surface area (Å²) in [5.41, 5.74) is 7.44. The molecule has 0 spiro atoms. The summed E-state index contributed by atoms with van der Waals surface area (Å²) in [7, 11) is 1.30. The molecule has 3 N–H and O–H groups in total. The first-order valence-corrected chi connectivity index (χ1v) is 5.69. The predicted octanol–water partition coefficient (Wildman–Crippen LogP) is 2.57. The minimum absolute atomic E-state index is 0.424. The number of amides is 1. The number of anilines is 2. The van der Waals surface area contributed by atoms with E-state index in [1.807, 2.05) is 30.3 Å². The summed E-state index contributed by atoms with van der Waals surface area (Å²) in [6.45, 7) is 0. The van der Waals surface area contributed by atoms with Gasteiger partial charge in [-0.15, -0.1) is 0 Å². The van der Waals surface area contributed by atoms with Gasteiger partial charge in [0, 0.05) is 5.56 Å². The number of nitrogens with zero attached hydrogens (tertiary/aromatic N) is 1. The molecule has 1 amide bonds. The second-order valence-corrected chi connectivity index (χ2v) is 4.25. The summed E-state index contributed by atoms with van der Waals surface area (Å²) < 4.78 is 4.48. The lowest BCUT2D eigenvalue weighted by Crippen LogP contribution is -2.10. The highest BCUT2D eigenvalue weighted by molar-refractivity contribution is 7.20.